The van der Waals surface area contributed by atoms with E-state index < -0.39 is 17.8 Å². The van der Waals surface area contributed by atoms with Crippen molar-refractivity contribution < 1.29 is 20.1 Å². The molecule has 1 aliphatic rings. The molecule has 168 valence electrons. The van der Waals surface area contributed by atoms with Crippen molar-refractivity contribution in [3.05, 3.63) is 24.3 Å². The zero-order valence-electron chi connectivity index (χ0n) is 18.8. The van der Waals surface area contributed by atoms with Crippen molar-refractivity contribution in [1.29, 1.82) is 0 Å². The van der Waals surface area contributed by atoms with Gasteiger partial charge < -0.3 is 20.1 Å². The van der Waals surface area contributed by atoms with Gasteiger partial charge in [-0.05, 0) is 58.8 Å². The number of aliphatic hydroxyl groups excluding tert-OH is 2. The first-order valence-electron chi connectivity index (χ1n) is 11.3. The Hall–Kier alpha value is -0.510. The SMILES string of the molecule is CCCCCC(C)(O)C=CC1C(O)CC(O)C1CC=CCCCC(=P)OC(C)C. The van der Waals surface area contributed by atoms with Gasteiger partial charge in [0.15, 0.2) is 0 Å². The lowest BCUT2D eigenvalue weighted by atomic mass is 9.88. The molecular formula is C24H43O4P. The third kappa shape index (κ3) is 10.9. The smallest absolute Gasteiger partial charge is 0.0799 e. The molecule has 0 aromatic carbocycles. The third-order valence-corrected chi connectivity index (χ3v) is 5.98. The van der Waals surface area contributed by atoms with Crippen LogP contribution in [0.15, 0.2) is 24.3 Å². The first kappa shape index (κ1) is 26.5. The molecule has 3 N–H and O–H groups in total. The van der Waals surface area contributed by atoms with Crippen molar-refractivity contribution in [1.82, 2.24) is 0 Å². The van der Waals surface area contributed by atoms with Gasteiger partial charge in [0, 0.05) is 12.3 Å². The Labute approximate surface area is 180 Å². The summed E-state index contributed by atoms with van der Waals surface area (Å²) in [4.78, 5) is 0. The first-order valence-corrected chi connectivity index (χ1v) is 11.8. The van der Waals surface area contributed by atoms with Crippen LogP contribution in [0, 0.1) is 11.8 Å². The van der Waals surface area contributed by atoms with Crippen molar-refractivity contribution >= 4 is 14.3 Å². The summed E-state index contributed by atoms with van der Waals surface area (Å²) < 4.78 is 5.58. The lowest BCUT2D eigenvalue weighted by molar-refractivity contribution is 0.0954. The third-order valence-electron chi connectivity index (χ3n) is 5.61. The van der Waals surface area contributed by atoms with E-state index in [0.29, 0.717) is 6.42 Å². The van der Waals surface area contributed by atoms with Crippen LogP contribution in [0.3, 0.4) is 0 Å². The fourth-order valence-corrected chi connectivity index (χ4v) is 4.35. The molecule has 0 aromatic rings. The van der Waals surface area contributed by atoms with Crippen molar-refractivity contribution in [2.75, 3.05) is 0 Å². The Morgan fingerprint density at radius 1 is 1.17 bits per heavy atom. The summed E-state index contributed by atoms with van der Waals surface area (Å²) in [6.07, 6.45) is 15.1. The average Bonchev–Trinajstić information content (AvgIpc) is 2.88. The lowest BCUT2D eigenvalue weighted by Gasteiger charge is -2.23. The summed E-state index contributed by atoms with van der Waals surface area (Å²) >= 11 is 0. The second kappa shape index (κ2) is 13.7. The topological polar surface area (TPSA) is 69.9 Å². The van der Waals surface area contributed by atoms with Crippen molar-refractivity contribution in [2.45, 2.75) is 109 Å². The van der Waals surface area contributed by atoms with Crippen molar-refractivity contribution in [3.8, 4) is 0 Å². The number of hydrogen-bond acceptors (Lipinski definition) is 4. The summed E-state index contributed by atoms with van der Waals surface area (Å²) in [6.45, 7) is 7.99. The van der Waals surface area contributed by atoms with Crippen LogP contribution in [0.5, 0.6) is 0 Å². The van der Waals surface area contributed by atoms with Crippen LogP contribution in [0.25, 0.3) is 0 Å². The highest BCUT2D eigenvalue weighted by molar-refractivity contribution is 7.20. The maximum atomic E-state index is 10.6. The molecule has 0 radical (unpaired) electrons. The molecule has 5 unspecified atom stereocenters. The fourth-order valence-electron chi connectivity index (χ4n) is 3.94. The lowest BCUT2D eigenvalue weighted by Crippen LogP contribution is -2.24. The minimum atomic E-state index is -0.857. The van der Waals surface area contributed by atoms with E-state index in [-0.39, 0.29) is 17.9 Å². The van der Waals surface area contributed by atoms with E-state index in [1.165, 1.54) is 0 Å². The predicted molar refractivity (Wildman–Crippen MR) is 125 cm³/mol. The van der Waals surface area contributed by atoms with Crippen LogP contribution >= 0.6 is 8.86 Å². The summed E-state index contributed by atoms with van der Waals surface area (Å²) in [5.74, 6) is -0.125. The molecule has 1 rings (SSSR count). The summed E-state index contributed by atoms with van der Waals surface area (Å²) in [5.41, 5.74) is 0.0313. The number of ether oxygens (including phenoxy) is 1. The molecule has 0 heterocycles. The van der Waals surface area contributed by atoms with Gasteiger partial charge in [-0.25, -0.2) is 0 Å². The minimum Gasteiger partial charge on any atom is -0.393 e. The van der Waals surface area contributed by atoms with Crippen LogP contribution in [0.4, 0.5) is 0 Å². The summed E-state index contributed by atoms with van der Waals surface area (Å²) in [7, 11) is 3.51. The van der Waals surface area contributed by atoms with E-state index in [2.05, 4.69) is 27.9 Å². The molecule has 0 saturated heterocycles. The van der Waals surface area contributed by atoms with Gasteiger partial charge in [0.05, 0.1) is 29.4 Å². The van der Waals surface area contributed by atoms with E-state index in [9.17, 15) is 15.3 Å². The predicted octanol–water partition coefficient (Wildman–Crippen LogP) is 5.05. The van der Waals surface area contributed by atoms with Gasteiger partial charge in [-0.3, -0.25) is 0 Å². The van der Waals surface area contributed by atoms with E-state index in [0.717, 1.165) is 56.8 Å². The monoisotopic (exact) mass is 426 g/mol. The Balaban J connectivity index is 2.49. The molecule has 1 aliphatic carbocycles. The highest BCUT2D eigenvalue weighted by Crippen LogP contribution is 2.37. The normalized spacial score (nSPS) is 27.3. The molecule has 5 atom stereocenters. The number of aliphatic hydroxyl groups is 3. The Morgan fingerprint density at radius 2 is 1.90 bits per heavy atom. The van der Waals surface area contributed by atoms with Gasteiger partial charge in [-0.2, -0.15) is 0 Å². The summed E-state index contributed by atoms with van der Waals surface area (Å²) in [6, 6.07) is 0. The largest absolute Gasteiger partial charge is 0.393 e. The number of hydrogen-bond donors (Lipinski definition) is 3. The highest BCUT2D eigenvalue weighted by atomic mass is 31.0. The van der Waals surface area contributed by atoms with Crippen LogP contribution in [-0.4, -0.2) is 44.7 Å². The minimum absolute atomic E-state index is 0.00820. The molecule has 5 heteroatoms. The molecule has 29 heavy (non-hydrogen) atoms. The number of rotatable bonds is 14. The molecular weight excluding hydrogens is 383 g/mol. The Bertz CT molecular complexity index is 527. The number of allylic oxidation sites excluding steroid dienone is 2. The van der Waals surface area contributed by atoms with Gasteiger partial charge in [-0.1, -0.05) is 59.4 Å². The van der Waals surface area contributed by atoms with Crippen LogP contribution in [0.1, 0.15) is 85.5 Å². The molecule has 0 aliphatic heterocycles. The molecule has 0 spiro atoms. The van der Waals surface area contributed by atoms with Crippen LogP contribution in [0.2, 0.25) is 0 Å². The molecule has 4 nitrogen and oxygen atoms in total. The van der Waals surface area contributed by atoms with Gasteiger partial charge in [-0.15, -0.1) is 0 Å². The van der Waals surface area contributed by atoms with Gasteiger partial charge in [0.1, 0.15) is 0 Å². The highest BCUT2D eigenvalue weighted by Gasteiger charge is 2.39. The molecule has 0 amide bonds. The second-order valence-corrected chi connectivity index (χ2v) is 9.53. The van der Waals surface area contributed by atoms with Gasteiger partial charge in [0.2, 0.25) is 0 Å². The van der Waals surface area contributed by atoms with E-state index in [4.69, 9.17) is 4.74 Å². The standard InChI is InChI=1S/C24H43O4P/c1-5-6-11-15-24(4,27)16-14-20-19(21(25)17-22(20)26)12-9-7-8-10-13-23(29)28-18(2)3/h7,9,14,16,18-22,25-27,29H,5-6,8,10-13,15,17H2,1-4H3. The Kier molecular flexibility index (Phi) is 12.6. The quantitative estimate of drug-likeness (QED) is 0.207. The molecule has 1 saturated carbocycles. The average molecular weight is 427 g/mol. The van der Waals surface area contributed by atoms with Crippen molar-refractivity contribution in [3.63, 3.8) is 0 Å². The van der Waals surface area contributed by atoms with E-state index >= 15 is 0 Å². The molecule has 0 aromatic heterocycles. The maximum Gasteiger partial charge on any atom is 0.0799 e. The zero-order chi connectivity index (χ0) is 21.9. The zero-order valence-corrected chi connectivity index (χ0v) is 19.8. The Morgan fingerprint density at radius 3 is 2.55 bits per heavy atom. The van der Waals surface area contributed by atoms with Crippen LogP contribution < -0.4 is 0 Å². The fraction of sp³-hybridized carbons (Fsp3) is 0.792. The van der Waals surface area contributed by atoms with Gasteiger partial charge in [0.25, 0.3) is 0 Å². The summed E-state index contributed by atoms with van der Waals surface area (Å²) in [5, 5.41) is 31.3. The molecule has 1 fully saturated rings. The second-order valence-electron chi connectivity index (χ2n) is 8.97. The van der Waals surface area contributed by atoms with Crippen molar-refractivity contribution in [2.24, 2.45) is 11.8 Å². The first-order chi connectivity index (χ1) is 13.7. The van der Waals surface area contributed by atoms with Crippen LogP contribution in [-0.2, 0) is 4.74 Å². The van der Waals surface area contributed by atoms with E-state index in [1.807, 2.05) is 32.9 Å². The van der Waals surface area contributed by atoms with Gasteiger partial charge >= 0.3 is 0 Å². The maximum absolute atomic E-state index is 10.6. The molecule has 0 bridgehead atoms. The van der Waals surface area contributed by atoms with E-state index in [1.54, 1.807) is 0 Å². The number of unbranched alkanes of at least 4 members (excludes halogenated alkanes) is 3.